The Kier molecular flexibility index (Phi) is 5.11. The van der Waals surface area contributed by atoms with E-state index < -0.39 is 0 Å². The minimum atomic E-state index is 0.239. The molecular weight excluding hydrogens is 248 g/mol. The van der Waals surface area contributed by atoms with Gasteiger partial charge < -0.3 is 10.6 Å². The quantitative estimate of drug-likeness (QED) is 0.844. The van der Waals surface area contributed by atoms with E-state index >= 15 is 0 Å². The van der Waals surface area contributed by atoms with Crippen LogP contribution >= 0.6 is 0 Å². The molecule has 0 spiro atoms. The van der Waals surface area contributed by atoms with Crippen molar-refractivity contribution >= 4 is 0 Å². The highest BCUT2D eigenvalue weighted by molar-refractivity contribution is 5.00. The lowest BCUT2D eigenvalue weighted by atomic mass is 9.85. The fourth-order valence-electron chi connectivity index (χ4n) is 3.85. The third-order valence-corrected chi connectivity index (χ3v) is 5.82. The van der Waals surface area contributed by atoms with Gasteiger partial charge in [0.1, 0.15) is 0 Å². The van der Waals surface area contributed by atoms with Crippen LogP contribution in [0.4, 0.5) is 0 Å². The third-order valence-electron chi connectivity index (χ3n) is 5.82. The lowest BCUT2D eigenvalue weighted by molar-refractivity contribution is -0.0278. The first-order chi connectivity index (χ1) is 9.43. The zero-order valence-electron chi connectivity index (χ0n) is 14.0. The molecule has 2 aliphatic rings. The van der Waals surface area contributed by atoms with Crippen molar-refractivity contribution < 1.29 is 0 Å². The Labute approximate surface area is 125 Å². The van der Waals surface area contributed by atoms with Crippen LogP contribution in [0.3, 0.4) is 0 Å². The Morgan fingerprint density at radius 1 is 1.05 bits per heavy atom. The number of nitrogens with zero attached hydrogens (tertiary/aromatic N) is 3. The summed E-state index contributed by atoms with van der Waals surface area (Å²) in [7, 11) is 2.25. The van der Waals surface area contributed by atoms with Gasteiger partial charge in [-0.3, -0.25) is 9.80 Å². The summed E-state index contributed by atoms with van der Waals surface area (Å²) in [6.07, 6.45) is 3.79. The van der Waals surface area contributed by atoms with Crippen LogP contribution in [0.1, 0.15) is 40.0 Å². The average Bonchev–Trinajstić information content (AvgIpc) is 2.64. The van der Waals surface area contributed by atoms with Gasteiger partial charge in [-0.25, -0.2) is 0 Å². The molecule has 2 fully saturated rings. The number of hydrogen-bond donors (Lipinski definition) is 1. The number of piperazine rings is 1. The summed E-state index contributed by atoms with van der Waals surface area (Å²) in [5.41, 5.74) is 6.77. The molecular formula is C16H34N4. The number of rotatable bonds is 3. The van der Waals surface area contributed by atoms with E-state index in [4.69, 9.17) is 5.73 Å². The van der Waals surface area contributed by atoms with Gasteiger partial charge >= 0.3 is 0 Å². The predicted octanol–water partition coefficient (Wildman–Crippen LogP) is 1.22. The molecule has 0 aromatic heterocycles. The fraction of sp³-hybridized carbons (Fsp3) is 1.00. The van der Waals surface area contributed by atoms with Crippen molar-refractivity contribution in [3.8, 4) is 0 Å². The topological polar surface area (TPSA) is 35.7 Å². The van der Waals surface area contributed by atoms with Crippen molar-refractivity contribution in [3.05, 3.63) is 0 Å². The van der Waals surface area contributed by atoms with E-state index in [1.807, 2.05) is 0 Å². The third kappa shape index (κ3) is 3.19. The summed E-state index contributed by atoms with van der Waals surface area (Å²) >= 11 is 0. The van der Waals surface area contributed by atoms with Crippen molar-refractivity contribution in [2.75, 3.05) is 52.9 Å². The Balaban J connectivity index is 2.10. The second-order valence-electron chi connectivity index (χ2n) is 7.37. The SMILES string of the molecule is CCN1CCCC(CN)(N2CCN(C)C(C)(C)C2)CC1. The van der Waals surface area contributed by atoms with Gasteiger partial charge in [-0.05, 0) is 59.8 Å². The summed E-state index contributed by atoms with van der Waals surface area (Å²) in [6.45, 7) is 14.9. The lowest BCUT2D eigenvalue weighted by Gasteiger charge is -2.53. The molecule has 2 aliphatic heterocycles. The fourth-order valence-corrected chi connectivity index (χ4v) is 3.85. The van der Waals surface area contributed by atoms with Gasteiger partial charge in [0.05, 0.1) is 0 Å². The maximum absolute atomic E-state index is 6.27. The summed E-state index contributed by atoms with van der Waals surface area (Å²) in [6, 6.07) is 0. The highest BCUT2D eigenvalue weighted by Crippen LogP contribution is 2.32. The molecule has 20 heavy (non-hydrogen) atoms. The van der Waals surface area contributed by atoms with Crippen LogP contribution in [0.15, 0.2) is 0 Å². The number of likely N-dealkylation sites (N-methyl/N-ethyl adjacent to an activating group) is 1. The van der Waals surface area contributed by atoms with Crippen LogP contribution in [0.25, 0.3) is 0 Å². The molecule has 2 N–H and O–H groups in total. The van der Waals surface area contributed by atoms with Gasteiger partial charge in [-0.2, -0.15) is 0 Å². The van der Waals surface area contributed by atoms with Crippen molar-refractivity contribution in [1.82, 2.24) is 14.7 Å². The van der Waals surface area contributed by atoms with Crippen molar-refractivity contribution in [1.29, 1.82) is 0 Å². The second-order valence-corrected chi connectivity index (χ2v) is 7.37. The van der Waals surface area contributed by atoms with Crippen LogP contribution < -0.4 is 5.73 Å². The Morgan fingerprint density at radius 2 is 1.80 bits per heavy atom. The second kappa shape index (κ2) is 6.30. The van der Waals surface area contributed by atoms with E-state index in [9.17, 15) is 0 Å². The standard InChI is InChI=1S/C16H34N4/c1-5-19-9-6-7-16(13-17,8-10-19)20-12-11-18(4)15(2,3)14-20/h5-14,17H2,1-4H3. The molecule has 0 amide bonds. The maximum Gasteiger partial charge on any atom is 0.0345 e. The molecule has 2 saturated heterocycles. The zero-order chi connectivity index (χ0) is 14.8. The van der Waals surface area contributed by atoms with Crippen LogP contribution in [-0.2, 0) is 0 Å². The van der Waals surface area contributed by atoms with Gasteiger partial charge in [-0.15, -0.1) is 0 Å². The molecule has 1 atom stereocenters. The monoisotopic (exact) mass is 282 g/mol. The van der Waals surface area contributed by atoms with E-state index in [0.29, 0.717) is 0 Å². The number of likely N-dealkylation sites (tertiary alicyclic amines) is 1. The Hall–Kier alpha value is -0.160. The maximum atomic E-state index is 6.27. The zero-order valence-corrected chi connectivity index (χ0v) is 14.0. The molecule has 4 nitrogen and oxygen atoms in total. The van der Waals surface area contributed by atoms with Crippen LogP contribution in [0.2, 0.25) is 0 Å². The molecule has 0 aromatic rings. The van der Waals surface area contributed by atoms with Gasteiger partial charge in [0.25, 0.3) is 0 Å². The predicted molar refractivity (Wildman–Crippen MR) is 86.0 cm³/mol. The first kappa shape index (κ1) is 16.2. The van der Waals surface area contributed by atoms with Crippen LogP contribution in [0.5, 0.6) is 0 Å². The average molecular weight is 282 g/mol. The van der Waals surface area contributed by atoms with Crippen LogP contribution in [0, 0.1) is 0 Å². The first-order valence-corrected chi connectivity index (χ1v) is 8.32. The largest absolute Gasteiger partial charge is 0.329 e. The van der Waals surface area contributed by atoms with Crippen molar-refractivity contribution in [2.24, 2.45) is 5.73 Å². The Bertz CT molecular complexity index is 318. The van der Waals surface area contributed by atoms with Crippen molar-refractivity contribution in [2.45, 2.75) is 51.1 Å². The molecule has 0 saturated carbocycles. The number of nitrogens with two attached hydrogens (primary N) is 1. The molecule has 0 radical (unpaired) electrons. The molecule has 118 valence electrons. The molecule has 0 aliphatic carbocycles. The summed E-state index contributed by atoms with van der Waals surface area (Å²) in [5.74, 6) is 0. The van der Waals surface area contributed by atoms with Gasteiger partial charge in [0, 0.05) is 37.3 Å². The first-order valence-electron chi connectivity index (χ1n) is 8.32. The highest BCUT2D eigenvalue weighted by Gasteiger charge is 2.42. The number of hydrogen-bond acceptors (Lipinski definition) is 4. The van der Waals surface area contributed by atoms with Gasteiger partial charge in [0.2, 0.25) is 0 Å². The summed E-state index contributed by atoms with van der Waals surface area (Å²) in [4.78, 5) is 7.79. The molecule has 0 bridgehead atoms. The minimum Gasteiger partial charge on any atom is -0.329 e. The molecule has 1 unspecified atom stereocenters. The van der Waals surface area contributed by atoms with E-state index in [-0.39, 0.29) is 11.1 Å². The van der Waals surface area contributed by atoms with Gasteiger partial charge in [0.15, 0.2) is 0 Å². The molecule has 2 heterocycles. The summed E-state index contributed by atoms with van der Waals surface area (Å²) in [5, 5.41) is 0. The molecule has 0 aromatic carbocycles. The van der Waals surface area contributed by atoms with E-state index in [1.54, 1.807) is 0 Å². The van der Waals surface area contributed by atoms with E-state index in [0.717, 1.165) is 19.6 Å². The van der Waals surface area contributed by atoms with E-state index in [1.165, 1.54) is 45.4 Å². The highest BCUT2D eigenvalue weighted by atomic mass is 15.3. The lowest BCUT2D eigenvalue weighted by Crippen LogP contribution is -2.65. The normalized spacial score (nSPS) is 34.0. The Morgan fingerprint density at radius 3 is 2.40 bits per heavy atom. The van der Waals surface area contributed by atoms with E-state index in [2.05, 4.69) is 42.5 Å². The molecule has 2 rings (SSSR count). The summed E-state index contributed by atoms with van der Waals surface area (Å²) < 4.78 is 0. The smallest absolute Gasteiger partial charge is 0.0345 e. The minimum absolute atomic E-state index is 0.239. The van der Waals surface area contributed by atoms with Gasteiger partial charge in [-0.1, -0.05) is 6.92 Å². The van der Waals surface area contributed by atoms with Crippen LogP contribution in [-0.4, -0.2) is 78.6 Å². The van der Waals surface area contributed by atoms with Crippen molar-refractivity contribution in [3.63, 3.8) is 0 Å². The molecule has 4 heteroatoms.